The van der Waals surface area contributed by atoms with E-state index >= 15 is 0 Å². The van der Waals surface area contributed by atoms with Gasteiger partial charge in [0.05, 0.1) is 0 Å². The summed E-state index contributed by atoms with van der Waals surface area (Å²) in [5, 5.41) is 8.74. The Bertz CT molecular complexity index is 486. The standard InChI is InChI=1S/C30H56O4/c1-3-5-7-9-11-12-13-14-15-17-23-27-30(33)34-28(24-20-16-10-8-6-4-2)25-21-18-19-22-26-29(31)32/h20,24,28H,3-19,21-23,25-27H2,1-2H3,(H,31,32)/b24-20-. The highest BCUT2D eigenvalue weighted by molar-refractivity contribution is 5.69. The van der Waals surface area contributed by atoms with Crippen LogP contribution in [0.3, 0.4) is 0 Å². The fourth-order valence-corrected chi connectivity index (χ4v) is 4.27. The molecule has 1 N–H and O–H groups in total. The van der Waals surface area contributed by atoms with Crippen LogP contribution < -0.4 is 0 Å². The van der Waals surface area contributed by atoms with E-state index < -0.39 is 5.97 Å². The summed E-state index contributed by atoms with van der Waals surface area (Å²) in [7, 11) is 0. The second-order valence-corrected chi connectivity index (χ2v) is 9.94. The zero-order valence-electron chi connectivity index (χ0n) is 22.7. The molecule has 0 saturated carbocycles. The molecule has 34 heavy (non-hydrogen) atoms. The fourth-order valence-electron chi connectivity index (χ4n) is 4.27. The molecule has 0 aromatic heterocycles. The van der Waals surface area contributed by atoms with Crippen molar-refractivity contribution in [1.29, 1.82) is 0 Å². The van der Waals surface area contributed by atoms with Crippen molar-refractivity contribution in [3.8, 4) is 0 Å². The number of rotatable bonds is 26. The van der Waals surface area contributed by atoms with Gasteiger partial charge in [-0.25, -0.2) is 0 Å². The first-order valence-corrected chi connectivity index (χ1v) is 14.7. The Kier molecular flexibility index (Phi) is 25.3. The molecule has 4 nitrogen and oxygen atoms in total. The van der Waals surface area contributed by atoms with Crippen LogP contribution in [0.2, 0.25) is 0 Å². The number of aliphatic carboxylic acids is 1. The lowest BCUT2D eigenvalue weighted by atomic mass is 10.1. The number of carbonyl (C=O) groups excluding carboxylic acids is 1. The highest BCUT2D eigenvalue weighted by atomic mass is 16.5. The summed E-state index contributed by atoms with van der Waals surface area (Å²) in [6, 6.07) is 0. The second kappa shape index (κ2) is 26.3. The van der Waals surface area contributed by atoms with Crippen molar-refractivity contribution in [2.75, 3.05) is 0 Å². The van der Waals surface area contributed by atoms with Gasteiger partial charge in [-0.3, -0.25) is 9.59 Å². The first-order chi connectivity index (χ1) is 16.6. The van der Waals surface area contributed by atoms with Crippen molar-refractivity contribution in [2.45, 2.75) is 168 Å². The summed E-state index contributed by atoms with van der Waals surface area (Å²) in [5.74, 6) is -0.789. The monoisotopic (exact) mass is 480 g/mol. The molecule has 0 bridgehead atoms. The summed E-state index contributed by atoms with van der Waals surface area (Å²) in [6.07, 6.45) is 29.4. The molecule has 0 heterocycles. The zero-order chi connectivity index (χ0) is 25.1. The molecule has 0 aliphatic heterocycles. The Morgan fingerprint density at radius 3 is 1.68 bits per heavy atom. The largest absolute Gasteiger partial charge is 0.481 e. The average molecular weight is 481 g/mol. The van der Waals surface area contributed by atoms with Crippen LogP contribution in [0.5, 0.6) is 0 Å². The van der Waals surface area contributed by atoms with Crippen molar-refractivity contribution in [2.24, 2.45) is 0 Å². The number of ether oxygens (including phenoxy) is 1. The van der Waals surface area contributed by atoms with Crippen molar-refractivity contribution < 1.29 is 19.4 Å². The number of carbonyl (C=O) groups is 2. The molecule has 4 heteroatoms. The normalized spacial score (nSPS) is 12.3. The van der Waals surface area contributed by atoms with Gasteiger partial charge < -0.3 is 9.84 Å². The van der Waals surface area contributed by atoms with E-state index in [1.54, 1.807) is 0 Å². The van der Waals surface area contributed by atoms with Crippen LogP contribution in [-0.4, -0.2) is 23.1 Å². The van der Waals surface area contributed by atoms with Gasteiger partial charge in [-0.1, -0.05) is 116 Å². The number of carboxylic acid groups (broad SMARTS) is 1. The zero-order valence-corrected chi connectivity index (χ0v) is 22.7. The van der Waals surface area contributed by atoms with Gasteiger partial charge in [0.25, 0.3) is 0 Å². The molecule has 0 fully saturated rings. The van der Waals surface area contributed by atoms with Crippen molar-refractivity contribution in [3.63, 3.8) is 0 Å². The fraction of sp³-hybridized carbons (Fsp3) is 0.867. The Hall–Kier alpha value is -1.32. The van der Waals surface area contributed by atoms with E-state index in [0.717, 1.165) is 51.4 Å². The van der Waals surface area contributed by atoms with Crippen molar-refractivity contribution in [3.05, 3.63) is 12.2 Å². The molecule has 0 aromatic rings. The molecule has 0 aromatic carbocycles. The molecule has 0 spiro atoms. The van der Waals surface area contributed by atoms with Crippen LogP contribution in [0.25, 0.3) is 0 Å². The number of esters is 1. The lowest BCUT2D eigenvalue weighted by molar-refractivity contribution is -0.147. The summed E-state index contributed by atoms with van der Waals surface area (Å²) in [4.78, 5) is 23.0. The van der Waals surface area contributed by atoms with Crippen molar-refractivity contribution in [1.82, 2.24) is 0 Å². The van der Waals surface area contributed by atoms with E-state index in [2.05, 4.69) is 26.0 Å². The molecule has 0 aliphatic rings. The number of hydrogen-bond acceptors (Lipinski definition) is 3. The van der Waals surface area contributed by atoms with Crippen LogP contribution in [0.1, 0.15) is 162 Å². The number of carboxylic acids is 1. The van der Waals surface area contributed by atoms with Crippen LogP contribution in [0.4, 0.5) is 0 Å². The maximum Gasteiger partial charge on any atom is 0.306 e. The van der Waals surface area contributed by atoms with Gasteiger partial charge in [0.1, 0.15) is 6.10 Å². The second-order valence-electron chi connectivity index (χ2n) is 9.94. The van der Waals surface area contributed by atoms with Crippen LogP contribution in [0, 0.1) is 0 Å². The van der Waals surface area contributed by atoms with E-state index in [9.17, 15) is 9.59 Å². The van der Waals surface area contributed by atoms with E-state index in [1.807, 2.05) is 0 Å². The minimum atomic E-state index is -0.722. The number of unbranched alkanes of at least 4 members (excludes halogenated alkanes) is 17. The lowest BCUT2D eigenvalue weighted by Gasteiger charge is -2.15. The van der Waals surface area contributed by atoms with Gasteiger partial charge in [-0.15, -0.1) is 0 Å². The van der Waals surface area contributed by atoms with Gasteiger partial charge in [-0.05, 0) is 44.6 Å². The molecule has 0 rings (SSSR count). The van der Waals surface area contributed by atoms with E-state index in [0.29, 0.717) is 6.42 Å². The molecule has 0 radical (unpaired) electrons. The van der Waals surface area contributed by atoms with E-state index in [4.69, 9.17) is 9.84 Å². The summed E-state index contributed by atoms with van der Waals surface area (Å²) < 4.78 is 5.79. The molecule has 200 valence electrons. The Morgan fingerprint density at radius 1 is 0.647 bits per heavy atom. The molecular formula is C30H56O4. The van der Waals surface area contributed by atoms with Gasteiger partial charge >= 0.3 is 11.9 Å². The van der Waals surface area contributed by atoms with Gasteiger partial charge in [0.2, 0.25) is 0 Å². The predicted octanol–water partition coefficient (Wildman–Crippen LogP) is 9.55. The highest BCUT2D eigenvalue weighted by Gasteiger charge is 2.11. The quantitative estimate of drug-likeness (QED) is 0.0760. The Balaban J connectivity index is 4.02. The maximum atomic E-state index is 12.4. The smallest absolute Gasteiger partial charge is 0.306 e. The third-order valence-electron chi connectivity index (χ3n) is 6.47. The third-order valence-corrected chi connectivity index (χ3v) is 6.47. The van der Waals surface area contributed by atoms with Crippen LogP contribution in [0.15, 0.2) is 12.2 Å². The SMILES string of the molecule is CCCCCC/C=C\C(CCCCCCC(=O)O)OC(=O)CCCCCCCCCCCCC. The van der Waals surface area contributed by atoms with E-state index in [1.165, 1.54) is 83.5 Å². The number of hydrogen-bond donors (Lipinski definition) is 1. The van der Waals surface area contributed by atoms with Crippen molar-refractivity contribution >= 4 is 11.9 Å². The summed E-state index contributed by atoms with van der Waals surface area (Å²) in [6.45, 7) is 4.48. The van der Waals surface area contributed by atoms with E-state index in [-0.39, 0.29) is 18.5 Å². The molecular weight excluding hydrogens is 424 g/mol. The average Bonchev–Trinajstić information content (AvgIpc) is 2.81. The van der Waals surface area contributed by atoms with Gasteiger partial charge in [0.15, 0.2) is 0 Å². The minimum absolute atomic E-state index is 0.0672. The van der Waals surface area contributed by atoms with Crippen LogP contribution in [-0.2, 0) is 14.3 Å². The summed E-state index contributed by atoms with van der Waals surface area (Å²) in [5.41, 5.74) is 0. The maximum absolute atomic E-state index is 12.4. The Labute approximate surface area is 211 Å². The molecule has 1 unspecified atom stereocenters. The minimum Gasteiger partial charge on any atom is -0.481 e. The predicted molar refractivity (Wildman–Crippen MR) is 144 cm³/mol. The first kappa shape index (κ1) is 32.7. The molecule has 0 saturated heterocycles. The molecule has 0 amide bonds. The van der Waals surface area contributed by atoms with Gasteiger partial charge in [0, 0.05) is 12.8 Å². The third kappa shape index (κ3) is 25.3. The topological polar surface area (TPSA) is 63.6 Å². The number of allylic oxidation sites excluding steroid dienone is 1. The molecule has 0 aliphatic carbocycles. The van der Waals surface area contributed by atoms with Crippen LogP contribution >= 0.6 is 0 Å². The highest BCUT2D eigenvalue weighted by Crippen LogP contribution is 2.15. The molecule has 1 atom stereocenters. The first-order valence-electron chi connectivity index (χ1n) is 14.7. The Morgan fingerprint density at radius 2 is 1.12 bits per heavy atom. The summed E-state index contributed by atoms with van der Waals surface area (Å²) >= 11 is 0. The lowest BCUT2D eigenvalue weighted by Crippen LogP contribution is -2.16. The van der Waals surface area contributed by atoms with Gasteiger partial charge in [-0.2, -0.15) is 0 Å².